The first kappa shape index (κ1) is 24.6. The summed E-state index contributed by atoms with van der Waals surface area (Å²) in [6.07, 6.45) is 13.0. The van der Waals surface area contributed by atoms with Gasteiger partial charge in [0.1, 0.15) is 10.1 Å². The van der Waals surface area contributed by atoms with E-state index in [0.29, 0.717) is 12.0 Å². The Labute approximate surface area is 187 Å². The first-order chi connectivity index (χ1) is 12.5. The maximum atomic E-state index is 11.6. The molecule has 3 nitrogen and oxygen atoms in total. The predicted octanol–water partition coefficient (Wildman–Crippen LogP) is 3.21. The fourth-order valence-corrected chi connectivity index (χ4v) is 4.25. The molecule has 0 N–H and O–H groups in total. The molecule has 0 aromatic heterocycles. The van der Waals surface area contributed by atoms with E-state index in [-0.39, 0.29) is 34.5 Å². The summed E-state index contributed by atoms with van der Waals surface area (Å²) in [7, 11) is -4.44. The van der Waals surface area contributed by atoms with Crippen LogP contribution in [-0.4, -0.2) is 13.0 Å². The molecule has 0 saturated heterocycles. The minimum atomic E-state index is -4.44. The fraction of sp³-hybridized carbons (Fsp3) is 0.545. The number of benzene rings is 2. The third-order valence-electron chi connectivity index (χ3n) is 5.00. The van der Waals surface area contributed by atoms with Crippen LogP contribution in [0.25, 0.3) is 10.8 Å². The van der Waals surface area contributed by atoms with Crippen molar-refractivity contribution in [1.82, 2.24) is 0 Å². The van der Waals surface area contributed by atoms with Crippen molar-refractivity contribution in [3.8, 4) is 0 Å². The third-order valence-corrected chi connectivity index (χ3v) is 5.92. The largest absolute Gasteiger partial charge is 1.00 e. The van der Waals surface area contributed by atoms with Crippen molar-refractivity contribution >= 4 is 20.9 Å². The van der Waals surface area contributed by atoms with E-state index >= 15 is 0 Å². The molecule has 0 amide bonds. The van der Waals surface area contributed by atoms with E-state index in [0.717, 1.165) is 23.6 Å². The van der Waals surface area contributed by atoms with Gasteiger partial charge in [-0.2, -0.15) is 0 Å². The van der Waals surface area contributed by atoms with E-state index in [1.165, 1.54) is 57.4 Å². The zero-order chi connectivity index (χ0) is 18.8. The molecule has 0 bridgehead atoms. The van der Waals surface area contributed by atoms with E-state index in [1.54, 1.807) is 0 Å². The molecule has 2 rings (SSSR count). The molecule has 2 aromatic carbocycles. The molecule has 144 valence electrons. The van der Waals surface area contributed by atoms with Crippen molar-refractivity contribution in [1.29, 1.82) is 0 Å². The Kier molecular flexibility index (Phi) is 11.8. The molecule has 27 heavy (non-hydrogen) atoms. The standard InChI is InChI=1S/C22H32O3S.Na/c1-2-3-4-5-6-7-8-9-10-11-16-21-17-19-14-12-13-15-20(19)18-22(21)26(23,24)25;/h12-15,17-18H,2-11,16H2,1H3,(H,23,24,25);/q;+1/p-1. The van der Waals surface area contributed by atoms with Crippen molar-refractivity contribution in [2.75, 3.05) is 0 Å². The Morgan fingerprint density at radius 2 is 1.26 bits per heavy atom. The van der Waals surface area contributed by atoms with Gasteiger partial charge in [-0.25, -0.2) is 8.42 Å². The van der Waals surface area contributed by atoms with Gasteiger partial charge in [-0.05, 0) is 41.3 Å². The SMILES string of the molecule is CCCCCCCCCCCCc1cc2ccccc2cc1S(=O)(=O)[O-].[Na+]. The number of fused-ring (bicyclic) bond motifs is 1. The van der Waals surface area contributed by atoms with Crippen molar-refractivity contribution in [3.63, 3.8) is 0 Å². The molecular formula is C22H31NaO3S. The maximum absolute atomic E-state index is 11.6. The summed E-state index contributed by atoms with van der Waals surface area (Å²) < 4.78 is 34.9. The maximum Gasteiger partial charge on any atom is 1.00 e. The summed E-state index contributed by atoms with van der Waals surface area (Å²) in [5.74, 6) is 0. The average Bonchev–Trinajstić information content (AvgIpc) is 2.62. The van der Waals surface area contributed by atoms with Crippen LogP contribution in [0.1, 0.15) is 76.7 Å². The van der Waals surface area contributed by atoms with Gasteiger partial charge in [0, 0.05) is 0 Å². The average molecular weight is 399 g/mol. The Morgan fingerprint density at radius 1 is 0.778 bits per heavy atom. The van der Waals surface area contributed by atoms with Gasteiger partial charge in [0.25, 0.3) is 0 Å². The van der Waals surface area contributed by atoms with Crippen LogP contribution in [0.5, 0.6) is 0 Å². The number of hydrogen-bond donors (Lipinski definition) is 0. The van der Waals surface area contributed by atoms with Crippen molar-refractivity contribution in [2.24, 2.45) is 0 Å². The Morgan fingerprint density at radius 3 is 1.78 bits per heavy atom. The molecule has 0 fully saturated rings. The molecule has 5 heteroatoms. The molecule has 0 spiro atoms. The molecule has 0 saturated carbocycles. The van der Waals surface area contributed by atoms with Crippen LogP contribution >= 0.6 is 0 Å². The predicted molar refractivity (Wildman–Crippen MR) is 107 cm³/mol. The van der Waals surface area contributed by atoms with Crippen LogP contribution < -0.4 is 29.6 Å². The van der Waals surface area contributed by atoms with Crippen LogP contribution in [0.4, 0.5) is 0 Å². The summed E-state index contributed by atoms with van der Waals surface area (Å²) in [5.41, 5.74) is 0.665. The third kappa shape index (κ3) is 8.66. The van der Waals surface area contributed by atoms with Crippen molar-refractivity contribution < 1.29 is 42.5 Å². The number of unbranched alkanes of at least 4 members (excludes halogenated alkanes) is 9. The topological polar surface area (TPSA) is 57.2 Å². The molecule has 2 aromatic rings. The first-order valence-electron chi connectivity index (χ1n) is 10.00. The zero-order valence-corrected chi connectivity index (χ0v) is 19.7. The van der Waals surface area contributed by atoms with E-state index in [9.17, 15) is 13.0 Å². The molecule has 0 aliphatic rings. The molecule has 0 radical (unpaired) electrons. The number of hydrogen-bond acceptors (Lipinski definition) is 3. The van der Waals surface area contributed by atoms with E-state index in [4.69, 9.17) is 0 Å². The quantitative estimate of drug-likeness (QED) is 0.313. The van der Waals surface area contributed by atoms with Gasteiger partial charge >= 0.3 is 29.6 Å². The van der Waals surface area contributed by atoms with Crippen molar-refractivity contribution in [3.05, 3.63) is 42.0 Å². The van der Waals surface area contributed by atoms with Crippen LogP contribution in [-0.2, 0) is 16.5 Å². The molecule has 0 aliphatic heterocycles. The Bertz CT molecular complexity index is 787. The molecule has 0 heterocycles. The van der Waals surface area contributed by atoms with Gasteiger partial charge in [0.2, 0.25) is 0 Å². The van der Waals surface area contributed by atoms with Crippen LogP contribution in [0.3, 0.4) is 0 Å². The van der Waals surface area contributed by atoms with Gasteiger partial charge in [-0.15, -0.1) is 0 Å². The summed E-state index contributed by atoms with van der Waals surface area (Å²) in [4.78, 5) is -0.0490. The smallest absolute Gasteiger partial charge is 0.744 e. The molecule has 0 unspecified atom stereocenters. The van der Waals surface area contributed by atoms with Gasteiger partial charge in [-0.3, -0.25) is 0 Å². The zero-order valence-electron chi connectivity index (χ0n) is 16.9. The first-order valence-corrected chi connectivity index (χ1v) is 11.4. The number of aryl methyl sites for hydroxylation is 1. The second-order valence-corrected chi connectivity index (χ2v) is 8.54. The van der Waals surface area contributed by atoms with Gasteiger partial charge in [0.15, 0.2) is 0 Å². The summed E-state index contributed by atoms with van der Waals surface area (Å²) in [5, 5.41) is 1.79. The second-order valence-electron chi connectivity index (χ2n) is 7.19. The number of rotatable bonds is 12. The molecular weight excluding hydrogens is 367 g/mol. The normalized spacial score (nSPS) is 11.5. The summed E-state index contributed by atoms with van der Waals surface area (Å²) >= 11 is 0. The molecule has 0 atom stereocenters. The van der Waals surface area contributed by atoms with Gasteiger partial charge < -0.3 is 4.55 Å². The fourth-order valence-electron chi connectivity index (χ4n) is 3.50. The summed E-state index contributed by atoms with van der Waals surface area (Å²) in [6, 6.07) is 11.0. The molecule has 0 aliphatic carbocycles. The van der Waals surface area contributed by atoms with Gasteiger partial charge in [0.05, 0.1) is 4.90 Å². The Hall–Kier alpha value is -0.390. The Balaban J connectivity index is 0.00000364. The minimum Gasteiger partial charge on any atom is -0.744 e. The minimum absolute atomic E-state index is 0. The van der Waals surface area contributed by atoms with Crippen molar-refractivity contribution in [2.45, 2.75) is 82.4 Å². The van der Waals surface area contributed by atoms with E-state index in [1.807, 2.05) is 30.3 Å². The monoisotopic (exact) mass is 398 g/mol. The second kappa shape index (κ2) is 12.9. The van der Waals surface area contributed by atoms with Crippen LogP contribution in [0, 0.1) is 0 Å². The van der Waals surface area contributed by atoms with Crippen LogP contribution in [0.15, 0.2) is 41.3 Å². The van der Waals surface area contributed by atoms with E-state index < -0.39 is 10.1 Å². The summed E-state index contributed by atoms with van der Waals surface area (Å²) in [6.45, 7) is 2.24. The van der Waals surface area contributed by atoms with Gasteiger partial charge in [-0.1, -0.05) is 89.0 Å². The van der Waals surface area contributed by atoms with E-state index in [2.05, 4.69) is 6.92 Å². The van der Waals surface area contributed by atoms with Crippen LogP contribution in [0.2, 0.25) is 0 Å².